The van der Waals surface area contributed by atoms with E-state index in [1.807, 2.05) is 0 Å². The predicted molar refractivity (Wildman–Crippen MR) is 92.6 cm³/mol. The van der Waals surface area contributed by atoms with Gasteiger partial charge in [0, 0.05) is 12.1 Å². The van der Waals surface area contributed by atoms with Gasteiger partial charge in [-0.25, -0.2) is 5.43 Å². The van der Waals surface area contributed by atoms with E-state index in [9.17, 15) is 24.8 Å². The van der Waals surface area contributed by atoms with Crippen molar-refractivity contribution in [3.63, 3.8) is 0 Å². The molecule has 2 aromatic rings. The lowest BCUT2D eigenvalue weighted by molar-refractivity contribution is -0.385. The smallest absolute Gasteiger partial charge is 0.270 e. The topological polar surface area (TPSA) is 137 Å². The number of carbonyl (C=O) groups is 2. The number of hydrazone groups is 1. The molecule has 0 bridgehead atoms. The first-order valence-corrected chi connectivity index (χ1v) is 7.75. The van der Waals surface area contributed by atoms with Crippen LogP contribution in [0.4, 0.5) is 11.4 Å². The molecule has 0 fully saturated rings. The lowest BCUT2D eigenvalue weighted by atomic mass is 10.2. The monoisotopic (exact) mass is 369 g/mol. The predicted octanol–water partition coefficient (Wildman–Crippen LogP) is 0.544. The van der Waals surface area contributed by atoms with Crippen molar-refractivity contribution in [1.82, 2.24) is 5.43 Å². The summed E-state index contributed by atoms with van der Waals surface area (Å²) in [6.07, 6.45) is 1.02. The Morgan fingerprint density at radius 1 is 1.33 bits per heavy atom. The second kappa shape index (κ2) is 7.52. The summed E-state index contributed by atoms with van der Waals surface area (Å²) in [6, 6.07) is 9.97. The van der Waals surface area contributed by atoms with Crippen molar-refractivity contribution in [2.24, 2.45) is 5.10 Å². The largest absolute Gasteiger partial charge is 0.872 e. The molecule has 1 aliphatic heterocycles. The number of rotatable bonds is 5. The Balaban J connectivity index is 1.67. The van der Waals surface area contributed by atoms with Crippen molar-refractivity contribution in [2.75, 3.05) is 18.1 Å². The third-order valence-electron chi connectivity index (χ3n) is 3.71. The number of carbonyl (C=O) groups excluding carboxylic acids is 2. The molecule has 0 atom stereocenters. The van der Waals surface area contributed by atoms with E-state index < -0.39 is 16.6 Å². The Hall–Kier alpha value is -3.95. The Morgan fingerprint density at radius 3 is 2.89 bits per heavy atom. The minimum Gasteiger partial charge on any atom is -0.872 e. The summed E-state index contributed by atoms with van der Waals surface area (Å²) in [4.78, 5) is 35.4. The van der Waals surface area contributed by atoms with E-state index in [0.29, 0.717) is 11.4 Å². The standard InChI is InChI=1S/C17H14N4O6/c22-14-6-5-12(21(25)26)7-11(14)8-18-19-16(23)9-20-13-3-1-2-4-15(13)27-10-17(20)24/h1-8,22H,9-10H2,(H,19,23)/p-1/b18-8-. The van der Waals surface area contributed by atoms with Crippen molar-refractivity contribution in [3.8, 4) is 11.5 Å². The van der Waals surface area contributed by atoms with E-state index in [1.54, 1.807) is 24.3 Å². The molecule has 27 heavy (non-hydrogen) atoms. The Kier molecular flexibility index (Phi) is 4.97. The highest BCUT2D eigenvalue weighted by molar-refractivity contribution is 6.02. The molecule has 0 spiro atoms. The Labute approximate surface area is 152 Å². The number of nitro groups is 1. The Bertz CT molecular complexity index is 943. The highest BCUT2D eigenvalue weighted by Gasteiger charge is 2.26. The summed E-state index contributed by atoms with van der Waals surface area (Å²) >= 11 is 0. The molecule has 1 heterocycles. The molecule has 1 aliphatic rings. The SMILES string of the molecule is O=C(CN1C(=O)COc2ccccc21)N/N=C\c1cc([N+](=O)[O-])ccc1[O-]. The van der Waals surface area contributed by atoms with Gasteiger partial charge in [0.15, 0.2) is 6.61 Å². The fraction of sp³-hybridized carbons (Fsp3) is 0.118. The average Bonchev–Trinajstić information content (AvgIpc) is 2.65. The lowest BCUT2D eigenvalue weighted by Crippen LogP contribution is -2.44. The van der Waals surface area contributed by atoms with Crippen molar-refractivity contribution < 1.29 is 24.4 Å². The zero-order valence-corrected chi connectivity index (χ0v) is 13.8. The van der Waals surface area contributed by atoms with E-state index in [-0.39, 0.29) is 30.3 Å². The van der Waals surface area contributed by atoms with Gasteiger partial charge < -0.3 is 9.84 Å². The van der Waals surface area contributed by atoms with E-state index in [0.717, 1.165) is 24.4 Å². The number of hydrogen-bond acceptors (Lipinski definition) is 7. The molecule has 0 radical (unpaired) electrons. The number of anilines is 1. The van der Waals surface area contributed by atoms with Gasteiger partial charge in [-0.05, 0) is 17.7 Å². The molecule has 2 amide bonds. The summed E-state index contributed by atoms with van der Waals surface area (Å²) in [5.41, 5.74) is 2.35. The summed E-state index contributed by atoms with van der Waals surface area (Å²) < 4.78 is 5.29. The maximum absolute atomic E-state index is 12.1. The number of amides is 2. The molecule has 2 aromatic carbocycles. The third-order valence-corrected chi connectivity index (χ3v) is 3.71. The molecule has 0 unspecified atom stereocenters. The fourth-order valence-electron chi connectivity index (χ4n) is 2.43. The third kappa shape index (κ3) is 4.00. The van der Waals surface area contributed by atoms with Gasteiger partial charge in [0.05, 0.1) is 16.8 Å². The maximum atomic E-state index is 12.1. The molecular formula is C17H13N4O6-. The first-order chi connectivity index (χ1) is 13.0. The number of nitrogens with one attached hydrogen (secondary N) is 1. The normalized spacial score (nSPS) is 13.2. The minimum absolute atomic E-state index is 0.0442. The van der Waals surface area contributed by atoms with Gasteiger partial charge in [0.2, 0.25) is 0 Å². The van der Waals surface area contributed by atoms with Crippen LogP contribution >= 0.6 is 0 Å². The van der Waals surface area contributed by atoms with Crippen LogP contribution in [0.1, 0.15) is 5.56 Å². The van der Waals surface area contributed by atoms with Crippen LogP contribution in [0.25, 0.3) is 0 Å². The molecular weight excluding hydrogens is 356 g/mol. The van der Waals surface area contributed by atoms with Crippen LogP contribution in [-0.4, -0.2) is 36.1 Å². The number of hydrogen-bond donors (Lipinski definition) is 1. The second-order valence-corrected chi connectivity index (χ2v) is 5.51. The number of para-hydroxylation sites is 2. The molecule has 3 rings (SSSR count). The zero-order valence-electron chi connectivity index (χ0n) is 13.8. The van der Waals surface area contributed by atoms with Crippen molar-refractivity contribution in [1.29, 1.82) is 0 Å². The van der Waals surface area contributed by atoms with E-state index in [1.165, 1.54) is 4.90 Å². The quantitative estimate of drug-likeness (QED) is 0.464. The second-order valence-electron chi connectivity index (χ2n) is 5.51. The number of fused-ring (bicyclic) bond motifs is 1. The van der Waals surface area contributed by atoms with Gasteiger partial charge in [0.1, 0.15) is 12.3 Å². The average molecular weight is 369 g/mol. The molecule has 0 saturated carbocycles. The highest BCUT2D eigenvalue weighted by Crippen LogP contribution is 2.31. The number of nitro benzene ring substituents is 1. The molecule has 0 aliphatic carbocycles. The van der Waals surface area contributed by atoms with Gasteiger partial charge in [-0.3, -0.25) is 24.6 Å². The van der Waals surface area contributed by atoms with Crippen LogP contribution in [0.5, 0.6) is 11.5 Å². The van der Waals surface area contributed by atoms with Crippen LogP contribution in [0, 0.1) is 10.1 Å². The Morgan fingerprint density at radius 2 is 2.11 bits per heavy atom. The molecule has 138 valence electrons. The fourth-order valence-corrected chi connectivity index (χ4v) is 2.43. The minimum atomic E-state index is -0.642. The van der Waals surface area contributed by atoms with Crippen molar-refractivity contribution in [2.45, 2.75) is 0 Å². The van der Waals surface area contributed by atoms with Crippen LogP contribution < -0.4 is 20.2 Å². The van der Waals surface area contributed by atoms with E-state index in [4.69, 9.17) is 4.74 Å². The van der Waals surface area contributed by atoms with Crippen LogP contribution in [0.15, 0.2) is 47.6 Å². The lowest BCUT2D eigenvalue weighted by Gasteiger charge is -2.28. The van der Waals surface area contributed by atoms with Crippen molar-refractivity contribution >= 4 is 29.4 Å². The molecule has 10 nitrogen and oxygen atoms in total. The van der Waals surface area contributed by atoms with Gasteiger partial charge in [-0.15, -0.1) is 0 Å². The van der Waals surface area contributed by atoms with Crippen LogP contribution in [0.2, 0.25) is 0 Å². The van der Waals surface area contributed by atoms with Crippen LogP contribution in [-0.2, 0) is 9.59 Å². The van der Waals surface area contributed by atoms with Gasteiger partial charge >= 0.3 is 0 Å². The molecule has 10 heteroatoms. The number of nitrogens with zero attached hydrogens (tertiary/aromatic N) is 3. The van der Waals surface area contributed by atoms with Crippen molar-refractivity contribution in [3.05, 3.63) is 58.1 Å². The summed E-state index contributed by atoms with van der Waals surface area (Å²) in [5, 5.41) is 26.0. The van der Waals surface area contributed by atoms with Gasteiger partial charge in [0.25, 0.3) is 17.5 Å². The number of benzene rings is 2. The molecule has 1 N–H and O–H groups in total. The van der Waals surface area contributed by atoms with Crippen LogP contribution in [0.3, 0.4) is 0 Å². The summed E-state index contributed by atoms with van der Waals surface area (Å²) in [5.74, 6) is -0.973. The van der Waals surface area contributed by atoms with Gasteiger partial charge in [-0.2, -0.15) is 5.10 Å². The number of ether oxygens (including phenoxy) is 1. The summed E-state index contributed by atoms with van der Waals surface area (Å²) in [6.45, 7) is -0.476. The highest BCUT2D eigenvalue weighted by atomic mass is 16.6. The molecule has 0 aromatic heterocycles. The van der Waals surface area contributed by atoms with E-state index >= 15 is 0 Å². The maximum Gasteiger partial charge on any atom is 0.270 e. The first-order valence-electron chi connectivity index (χ1n) is 7.75. The first kappa shape index (κ1) is 17.9. The zero-order chi connectivity index (χ0) is 19.4. The van der Waals surface area contributed by atoms with Gasteiger partial charge in [-0.1, -0.05) is 23.9 Å². The summed E-state index contributed by atoms with van der Waals surface area (Å²) in [7, 11) is 0. The number of non-ortho nitro benzene ring substituents is 1. The van der Waals surface area contributed by atoms with E-state index in [2.05, 4.69) is 10.5 Å². The molecule has 0 saturated heterocycles.